The number of allylic oxidation sites excluding steroid dienone is 4. The molecule has 2 aliphatic rings. The van der Waals surface area contributed by atoms with Crippen LogP contribution in [0, 0.1) is 0 Å². The molecule has 1 aliphatic heterocycles. The van der Waals surface area contributed by atoms with Crippen LogP contribution in [-0.2, 0) is 0 Å². The fourth-order valence-corrected chi connectivity index (χ4v) is 5.42. The molecule has 1 aliphatic carbocycles. The third kappa shape index (κ3) is 3.75. The van der Waals surface area contributed by atoms with Crippen molar-refractivity contribution in [2.45, 2.75) is 6.42 Å². The van der Waals surface area contributed by atoms with E-state index in [1.54, 1.807) is 12.1 Å². The number of carbonyl (C=O) groups is 1. The molecule has 5 aromatic rings. The molecule has 5 aromatic carbocycles. The highest BCUT2D eigenvalue weighted by atomic mass is 16.5. The van der Waals surface area contributed by atoms with Gasteiger partial charge in [-0.25, -0.2) is 4.79 Å². The Morgan fingerprint density at radius 1 is 0.737 bits per heavy atom. The van der Waals surface area contributed by atoms with E-state index < -0.39 is 5.97 Å². The van der Waals surface area contributed by atoms with E-state index in [4.69, 9.17) is 4.74 Å². The van der Waals surface area contributed by atoms with Crippen molar-refractivity contribution in [1.29, 1.82) is 0 Å². The maximum Gasteiger partial charge on any atom is 0.336 e. The van der Waals surface area contributed by atoms with Crippen LogP contribution in [0.25, 0.3) is 27.1 Å². The van der Waals surface area contributed by atoms with Gasteiger partial charge in [0.25, 0.3) is 0 Å². The first kappa shape index (κ1) is 22.1. The number of carboxylic acids is 1. The van der Waals surface area contributed by atoms with Crippen molar-refractivity contribution in [3.05, 3.63) is 143 Å². The largest absolute Gasteiger partial charge is 0.478 e. The van der Waals surface area contributed by atoms with E-state index in [0.717, 1.165) is 33.8 Å². The van der Waals surface area contributed by atoms with Crippen molar-refractivity contribution in [1.82, 2.24) is 0 Å². The molecule has 38 heavy (non-hydrogen) atoms. The molecule has 0 aromatic heterocycles. The Morgan fingerprint density at radius 2 is 1.45 bits per heavy atom. The lowest BCUT2D eigenvalue weighted by atomic mass is 9.84. The van der Waals surface area contributed by atoms with Crippen molar-refractivity contribution in [2.75, 3.05) is 5.32 Å². The Balaban J connectivity index is 1.29. The smallest absolute Gasteiger partial charge is 0.336 e. The van der Waals surface area contributed by atoms with E-state index in [2.05, 4.69) is 66.0 Å². The summed E-state index contributed by atoms with van der Waals surface area (Å²) in [6, 6.07) is 32.4. The monoisotopic (exact) mass is 493 g/mol. The number of aromatic carboxylic acids is 1. The van der Waals surface area contributed by atoms with Gasteiger partial charge in [-0.15, -0.1) is 0 Å². The molecule has 0 bridgehead atoms. The summed E-state index contributed by atoms with van der Waals surface area (Å²) in [6.07, 6.45) is 6.67. The quantitative estimate of drug-likeness (QED) is 0.247. The average Bonchev–Trinajstić information content (AvgIpc) is 2.94. The number of fused-ring (bicyclic) bond motifs is 4. The molecular formula is C34H23NO3. The van der Waals surface area contributed by atoms with Crippen LogP contribution in [0.15, 0.2) is 127 Å². The second-order valence-corrected chi connectivity index (χ2v) is 9.57. The molecule has 0 saturated carbocycles. The van der Waals surface area contributed by atoms with Gasteiger partial charge in [0, 0.05) is 34.2 Å². The fraction of sp³-hybridized carbons (Fsp3) is 0.0294. The van der Waals surface area contributed by atoms with E-state index in [0.29, 0.717) is 17.7 Å². The lowest BCUT2D eigenvalue weighted by Gasteiger charge is -2.28. The van der Waals surface area contributed by atoms with Gasteiger partial charge in [-0.2, -0.15) is 0 Å². The molecular weight excluding hydrogens is 470 g/mol. The summed E-state index contributed by atoms with van der Waals surface area (Å²) in [5.41, 5.74) is 5.64. The highest BCUT2D eigenvalue weighted by Gasteiger charge is 2.28. The molecule has 7 rings (SSSR count). The molecule has 0 radical (unpaired) electrons. The summed E-state index contributed by atoms with van der Waals surface area (Å²) in [5, 5.41) is 18.2. The summed E-state index contributed by atoms with van der Waals surface area (Å²) in [7, 11) is 0. The minimum absolute atomic E-state index is 0.280. The van der Waals surface area contributed by atoms with Crippen LogP contribution in [0.5, 0.6) is 5.75 Å². The third-order valence-electron chi connectivity index (χ3n) is 7.20. The van der Waals surface area contributed by atoms with Crippen LogP contribution < -0.4 is 10.1 Å². The first-order valence-electron chi connectivity index (χ1n) is 12.6. The van der Waals surface area contributed by atoms with Gasteiger partial charge in [0.05, 0.1) is 5.56 Å². The van der Waals surface area contributed by atoms with Gasteiger partial charge in [0.1, 0.15) is 11.5 Å². The second kappa shape index (κ2) is 8.79. The zero-order valence-electron chi connectivity index (χ0n) is 20.4. The Labute approximate surface area is 219 Å². The van der Waals surface area contributed by atoms with Crippen molar-refractivity contribution >= 4 is 44.5 Å². The van der Waals surface area contributed by atoms with Crippen LogP contribution in [0.3, 0.4) is 0 Å². The van der Waals surface area contributed by atoms with E-state index in [-0.39, 0.29) is 5.56 Å². The summed E-state index contributed by atoms with van der Waals surface area (Å²) in [5.74, 6) is 0.508. The van der Waals surface area contributed by atoms with Crippen LogP contribution in [0.1, 0.15) is 27.9 Å². The van der Waals surface area contributed by atoms with Crippen molar-refractivity contribution in [2.24, 2.45) is 0 Å². The Hall–Kier alpha value is -5.09. The van der Waals surface area contributed by atoms with Gasteiger partial charge < -0.3 is 15.2 Å². The summed E-state index contributed by atoms with van der Waals surface area (Å²) in [4.78, 5) is 12.1. The van der Waals surface area contributed by atoms with Crippen LogP contribution >= 0.6 is 0 Å². The van der Waals surface area contributed by atoms with Gasteiger partial charge >= 0.3 is 5.97 Å². The molecule has 1 heterocycles. The molecule has 4 nitrogen and oxygen atoms in total. The van der Waals surface area contributed by atoms with Gasteiger partial charge in [-0.3, -0.25) is 0 Å². The molecule has 0 spiro atoms. The Morgan fingerprint density at radius 3 is 2.29 bits per heavy atom. The second-order valence-electron chi connectivity index (χ2n) is 9.57. The normalized spacial score (nSPS) is 14.1. The lowest BCUT2D eigenvalue weighted by molar-refractivity contribution is 0.0696. The molecule has 0 saturated heterocycles. The maximum atomic E-state index is 12.1. The van der Waals surface area contributed by atoms with Crippen LogP contribution in [0.4, 0.5) is 11.4 Å². The van der Waals surface area contributed by atoms with E-state index >= 15 is 0 Å². The number of rotatable bonds is 4. The third-order valence-corrected chi connectivity index (χ3v) is 7.20. The molecule has 0 amide bonds. The van der Waals surface area contributed by atoms with E-state index in [9.17, 15) is 9.90 Å². The number of nitrogens with one attached hydrogen (secondary N) is 1. The first-order valence-corrected chi connectivity index (χ1v) is 12.6. The number of hydrogen-bond acceptors (Lipinski definition) is 3. The van der Waals surface area contributed by atoms with E-state index in [1.807, 2.05) is 42.5 Å². The van der Waals surface area contributed by atoms with Crippen LogP contribution in [0.2, 0.25) is 0 Å². The van der Waals surface area contributed by atoms with Gasteiger partial charge in [0.2, 0.25) is 0 Å². The summed E-state index contributed by atoms with van der Waals surface area (Å²) < 4.78 is 6.35. The first-order chi connectivity index (χ1) is 18.6. The van der Waals surface area contributed by atoms with E-state index in [1.165, 1.54) is 21.5 Å². The molecule has 2 N–H and O–H groups in total. The fourth-order valence-electron chi connectivity index (χ4n) is 5.42. The van der Waals surface area contributed by atoms with Crippen molar-refractivity contribution < 1.29 is 14.6 Å². The number of ether oxygens (including phenoxy) is 1. The topological polar surface area (TPSA) is 58.6 Å². The SMILES string of the molecule is O=C(O)c1ccccc1C1=C2CC=CC=C2Oc2cc(Nc3ccc4cc5ccccc5cc4c3)ccc21. The number of carboxylic acid groups (broad SMARTS) is 1. The molecule has 0 fully saturated rings. The minimum Gasteiger partial charge on any atom is -0.478 e. The van der Waals surface area contributed by atoms with Crippen LogP contribution in [-0.4, -0.2) is 11.1 Å². The summed E-state index contributed by atoms with van der Waals surface area (Å²) >= 11 is 0. The molecule has 182 valence electrons. The van der Waals surface area contributed by atoms with Gasteiger partial charge in [-0.05, 0) is 82.1 Å². The summed E-state index contributed by atoms with van der Waals surface area (Å²) in [6.45, 7) is 0. The number of benzene rings is 5. The predicted octanol–water partition coefficient (Wildman–Crippen LogP) is 8.47. The zero-order valence-corrected chi connectivity index (χ0v) is 20.4. The molecule has 0 unspecified atom stereocenters. The zero-order chi connectivity index (χ0) is 25.6. The molecule has 0 atom stereocenters. The number of anilines is 2. The standard InChI is InChI=1S/C34H23NO3/c36-34(37)28-10-4-3-9-27(28)33-29-11-5-6-12-31(29)38-32-20-26(15-16-30(32)33)35-25-14-13-23-17-21-7-1-2-8-22(21)18-24(23)19-25/h1-10,12-20,35H,11H2,(H,36,37). The number of hydrogen-bond donors (Lipinski definition) is 2. The van der Waals surface area contributed by atoms with Gasteiger partial charge in [-0.1, -0.05) is 60.7 Å². The Bertz CT molecular complexity index is 1880. The Kier molecular flexibility index (Phi) is 5.12. The maximum absolute atomic E-state index is 12.1. The highest BCUT2D eigenvalue weighted by Crippen LogP contribution is 2.45. The highest BCUT2D eigenvalue weighted by molar-refractivity contribution is 6.01. The molecule has 4 heteroatoms. The predicted molar refractivity (Wildman–Crippen MR) is 153 cm³/mol. The lowest BCUT2D eigenvalue weighted by Crippen LogP contribution is -2.14. The minimum atomic E-state index is -0.944. The van der Waals surface area contributed by atoms with Crippen molar-refractivity contribution in [3.63, 3.8) is 0 Å². The van der Waals surface area contributed by atoms with Crippen molar-refractivity contribution in [3.8, 4) is 5.75 Å². The van der Waals surface area contributed by atoms with Gasteiger partial charge in [0.15, 0.2) is 0 Å². The average molecular weight is 494 g/mol.